The van der Waals surface area contributed by atoms with Crippen molar-refractivity contribution < 1.29 is 17.5 Å². The lowest BCUT2D eigenvalue weighted by Gasteiger charge is -2.04. The summed E-state index contributed by atoms with van der Waals surface area (Å²) < 4.78 is 40.4. The molecule has 0 bridgehead atoms. The number of aliphatic imine (C=N–C) groups is 1. The second-order valence-corrected chi connectivity index (χ2v) is 4.47. The molecular formula is C9H6FNO3S. The van der Waals surface area contributed by atoms with Gasteiger partial charge in [0.25, 0.3) is 9.84 Å². The van der Waals surface area contributed by atoms with Crippen LogP contribution in [0, 0.1) is 5.82 Å². The Morgan fingerprint density at radius 3 is 2.60 bits per heavy atom. The summed E-state index contributed by atoms with van der Waals surface area (Å²) >= 11 is 0. The van der Waals surface area contributed by atoms with Crippen molar-refractivity contribution in [3.05, 3.63) is 41.7 Å². The van der Waals surface area contributed by atoms with Gasteiger partial charge in [-0.3, -0.25) is 0 Å². The average molecular weight is 227 g/mol. The molecule has 1 aliphatic heterocycles. The van der Waals surface area contributed by atoms with Crippen molar-refractivity contribution in [1.29, 1.82) is 0 Å². The first-order valence-corrected chi connectivity index (χ1v) is 5.56. The Morgan fingerprint density at radius 1 is 1.27 bits per heavy atom. The van der Waals surface area contributed by atoms with Gasteiger partial charge in [-0.05, 0) is 12.1 Å². The maximum atomic E-state index is 13.1. The van der Waals surface area contributed by atoms with Crippen molar-refractivity contribution in [3.8, 4) is 5.75 Å². The maximum absolute atomic E-state index is 13.1. The molecule has 0 aromatic heterocycles. The average Bonchev–Trinajstić information content (AvgIpc) is 2.50. The van der Waals surface area contributed by atoms with Crippen LogP contribution in [-0.4, -0.2) is 13.6 Å². The SMILES string of the molecule is O=S1(=O)C=CN=C1Oc1ccccc1F. The van der Waals surface area contributed by atoms with Gasteiger partial charge in [0, 0.05) is 6.20 Å². The van der Waals surface area contributed by atoms with E-state index in [9.17, 15) is 12.8 Å². The Bertz CT molecular complexity index is 548. The van der Waals surface area contributed by atoms with Gasteiger partial charge in [0.05, 0.1) is 5.41 Å². The van der Waals surface area contributed by atoms with Crippen molar-refractivity contribution in [3.63, 3.8) is 0 Å². The van der Waals surface area contributed by atoms with E-state index in [1.54, 1.807) is 0 Å². The van der Waals surface area contributed by atoms with Crippen LogP contribution in [0.4, 0.5) is 4.39 Å². The molecule has 1 aromatic rings. The normalized spacial score (nSPS) is 17.5. The quantitative estimate of drug-likeness (QED) is 0.729. The molecule has 0 aliphatic carbocycles. The summed E-state index contributed by atoms with van der Waals surface area (Å²) in [5.74, 6) is -0.800. The van der Waals surface area contributed by atoms with Crippen LogP contribution >= 0.6 is 0 Å². The number of rotatable bonds is 1. The van der Waals surface area contributed by atoms with Crippen molar-refractivity contribution in [2.75, 3.05) is 0 Å². The smallest absolute Gasteiger partial charge is 0.319 e. The van der Waals surface area contributed by atoms with Crippen LogP contribution in [0.1, 0.15) is 0 Å². The van der Waals surface area contributed by atoms with Gasteiger partial charge in [0.1, 0.15) is 0 Å². The molecule has 1 heterocycles. The van der Waals surface area contributed by atoms with Gasteiger partial charge in [-0.25, -0.2) is 17.8 Å². The van der Waals surface area contributed by atoms with Crippen LogP contribution in [0.2, 0.25) is 0 Å². The fourth-order valence-electron chi connectivity index (χ4n) is 1.01. The van der Waals surface area contributed by atoms with Crippen LogP contribution in [0.3, 0.4) is 0 Å². The zero-order chi connectivity index (χ0) is 10.9. The van der Waals surface area contributed by atoms with Crippen LogP contribution in [0.15, 0.2) is 40.9 Å². The Kier molecular flexibility index (Phi) is 2.28. The van der Waals surface area contributed by atoms with Gasteiger partial charge in [-0.1, -0.05) is 12.1 Å². The third-order valence-electron chi connectivity index (χ3n) is 1.70. The Morgan fingerprint density at radius 2 is 2.00 bits per heavy atom. The third-order valence-corrected chi connectivity index (χ3v) is 2.85. The summed E-state index contributed by atoms with van der Waals surface area (Å²) in [4.78, 5) is 3.48. The van der Waals surface area contributed by atoms with Gasteiger partial charge in [0.2, 0.25) is 0 Å². The highest BCUT2D eigenvalue weighted by molar-refractivity contribution is 8.08. The van der Waals surface area contributed by atoms with Crippen molar-refractivity contribution in [2.45, 2.75) is 0 Å². The molecule has 6 heteroatoms. The van der Waals surface area contributed by atoms with Gasteiger partial charge < -0.3 is 4.74 Å². The minimum Gasteiger partial charge on any atom is -0.427 e. The molecule has 0 atom stereocenters. The van der Waals surface area contributed by atoms with E-state index in [1.165, 1.54) is 24.3 Å². The van der Waals surface area contributed by atoms with Gasteiger partial charge in [-0.2, -0.15) is 0 Å². The molecule has 2 rings (SSSR count). The number of hydrogen-bond donors (Lipinski definition) is 0. The minimum absolute atomic E-state index is 0.163. The van der Waals surface area contributed by atoms with Gasteiger partial charge >= 0.3 is 5.23 Å². The molecule has 78 valence electrons. The topological polar surface area (TPSA) is 55.7 Å². The van der Waals surface area contributed by atoms with Crippen molar-refractivity contribution in [1.82, 2.24) is 0 Å². The fourth-order valence-corrected chi connectivity index (χ4v) is 1.76. The molecule has 0 saturated carbocycles. The van der Waals surface area contributed by atoms with Gasteiger partial charge in [0.15, 0.2) is 11.6 Å². The summed E-state index contributed by atoms with van der Waals surface area (Å²) in [6, 6.07) is 5.51. The molecule has 0 unspecified atom stereocenters. The molecule has 0 N–H and O–H groups in total. The monoisotopic (exact) mass is 227 g/mol. The van der Waals surface area contributed by atoms with Crippen LogP contribution < -0.4 is 4.74 Å². The molecule has 0 amide bonds. The Labute approximate surface area is 85.6 Å². The number of ether oxygens (including phenoxy) is 1. The highest BCUT2D eigenvalue weighted by atomic mass is 32.2. The van der Waals surface area contributed by atoms with E-state index in [2.05, 4.69) is 4.99 Å². The maximum Gasteiger partial charge on any atom is 0.319 e. The van der Waals surface area contributed by atoms with Crippen LogP contribution in [0.5, 0.6) is 5.75 Å². The molecule has 1 aromatic carbocycles. The largest absolute Gasteiger partial charge is 0.427 e. The molecule has 0 fully saturated rings. The van der Waals surface area contributed by atoms with E-state index in [4.69, 9.17) is 4.74 Å². The van der Waals surface area contributed by atoms with Crippen LogP contribution in [-0.2, 0) is 9.84 Å². The molecular weight excluding hydrogens is 221 g/mol. The van der Waals surface area contributed by atoms with Crippen molar-refractivity contribution in [2.24, 2.45) is 4.99 Å². The highest BCUT2D eigenvalue weighted by Gasteiger charge is 2.23. The number of nitrogens with zero attached hydrogens (tertiary/aromatic N) is 1. The molecule has 0 saturated heterocycles. The number of para-hydroxylation sites is 1. The zero-order valence-corrected chi connectivity index (χ0v) is 8.24. The van der Waals surface area contributed by atoms with E-state index in [0.29, 0.717) is 0 Å². The van der Waals surface area contributed by atoms with E-state index in [1.807, 2.05) is 0 Å². The molecule has 1 aliphatic rings. The van der Waals surface area contributed by atoms with E-state index in [-0.39, 0.29) is 5.75 Å². The molecule has 0 spiro atoms. The van der Waals surface area contributed by atoms with E-state index >= 15 is 0 Å². The molecule has 15 heavy (non-hydrogen) atoms. The first-order chi connectivity index (χ1) is 7.09. The Hall–Kier alpha value is -1.69. The molecule has 0 radical (unpaired) electrons. The number of halogens is 1. The second kappa shape index (κ2) is 3.47. The second-order valence-electron chi connectivity index (χ2n) is 2.76. The van der Waals surface area contributed by atoms with Crippen LogP contribution in [0.25, 0.3) is 0 Å². The number of hydrogen-bond acceptors (Lipinski definition) is 4. The predicted octanol–water partition coefficient (Wildman–Crippen LogP) is 1.46. The summed E-state index contributed by atoms with van der Waals surface area (Å²) in [7, 11) is -3.62. The number of sulfone groups is 1. The van der Waals surface area contributed by atoms with E-state index < -0.39 is 20.9 Å². The predicted molar refractivity (Wildman–Crippen MR) is 52.5 cm³/mol. The lowest BCUT2D eigenvalue weighted by molar-refractivity contribution is 0.495. The fraction of sp³-hybridized carbons (Fsp3) is 0. The summed E-state index contributed by atoms with van der Waals surface area (Å²) in [6.07, 6.45) is 1.09. The lowest BCUT2D eigenvalue weighted by Crippen LogP contribution is -2.16. The Balaban J connectivity index is 2.29. The zero-order valence-electron chi connectivity index (χ0n) is 7.42. The van der Waals surface area contributed by atoms with Crippen molar-refractivity contribution >= 4 is 15.1 Å². The first kappa shape index (κ1) is 9.85. The highest BCUT2D eigenvalue weighted by Crippen LogP contribution is 2.18. The summed E-state index contributed by atoms with van der Waals surface area (Å²) in [6.45, 7) is 0. The third kappa shape index (κ3) is 1.89. The van der Waals surface area contributed by atoms with Gasteiger partial charge in [-0.15, -0.1) is 0 Å². The first-order valence-electron chi connectivity index (χ1n) is 4.01. The number of benzene rings is 1. The van der Waals surface area contributed by atoms with E-state index in [0.717, 1.165) is 11.6 Å². The summed E-state index contributed by atoms with van der Waals surface area (Å²) in [5.41, 5.74) is 0. The standard InChI is InChI=1S/C9H6FNO3S/c10-7-3-1-2-4-8(7)14-9-11-5-6-15(9,12)13/h1-6H. The lowest BCUT2D eigenvalue weighted by atomic mass is 10.3. The minimum atomic E-state index is -3.62. The summed E-state index contributed by atoms with van der Waals surface area (Å²) in [5, 5.41) is 0.385. The molecule has 4 nitrogen and oxygen atoms in total.